The van der Waals surface area contributed by atoms with Gasteiger partial charge in [-0.3, -0.25) is 4.79 Å². The molecule has 0 aliphatic heterocycles. The minimum Gasteiger partial charge on any atom is -0.451 e. The third kappa shape index (κ3) is 3.15. The number of nitrogens with one attached hydrogen (secondary N) is 1. The third-order valence-electron chi connectivity index (χ3n) is 3.40. The first-order chi connectivity index (χ1) is 11.4. The van der Waals surface area contributed by atoms with Crippen LogP contribution >= 0.6 is 0 Å². The van der Waals surface area contributed by atoms with Gasteiger partial charge in [0.2, 0.25) is 0 Å². The topological polar surface area (TPSA) is 72.0 Å². The van der Waals surface area contributed by atoms with Crippen LogP contribution in [0.3, 0.4) is 0 Å². The summed E-state index contributed by atoms with van der Waals surface area (Å²) >= 11 is 0. The highest BCUT2D eigenvalue weighted by Crippen LogP contribution is 2.17. The summed E-state index contributed by atoms with van der Waals surface area (Å²) in [5, 5.41) is 0.409. The van der Waals surface area contributed by atoms with E-state index in [1.807, 2.05) is 0 Å². The molecule has 5 nitrogen and oxygen atoms in total. The van der Waals surface area contributed by atoms with Crippen molar-refractivity contribution in [2.75, 3.05) is 0 Å². The molecule has 122 valence electrons. The van der Waals surface area contributed by atoms with Crippen molar-refractivity contribution in [3.63, 3.8) is 0 Å². The summed E-state index contributed by atoms with van der Waals surface area (Å²) in [5.41, 5.74) is -0.172. The van der Waals surface area contributed by atoms with E-state index in [-0.39, 0.29) is 16.9 Å². The molecule has 1 atom stereocenters. The third-order valence-corrected chi connectivity index (χ3v) is 3.40. The number of carbonyl (C=O) groups excluding carboxylic acids is 1. The molecule has 2 aromatic carbocycles. The number of hydrogen-bond donors (Lipinski definition) is 1. The van der Waals surface area contributed by atoms with Gasteiger partial charge in [0, 0.05) is 6.07 Å². The maximum atomic E-state index is 13.2. The van der Waals surface area contributed by atoms with E-state index in [0.717, 1.165) is 12.1 Å². The average molecular weight is 330 g/mol. The van der Waals surface area contributed by atoms with Gasteiger partial charge in [0.25, 0.3) is 5.56 Å². The quantitative estimate of drug-likeness (QED) is 0.749. The van der Waals surface area contributed by atoms with E-state index in [1.165, 1.54) is 6.92 Å². The number of nitrogens with zero attached hydrogens (tertiary/aromatic N) is 1. The van der Waals surface area contributed by atoms with Gasteiger partial charge in [-0.2, -0.15) is 0 Å². The maximum Gasteiger partial charge on any atom is 0.339 e. The Bertz CT molecular complexity index is 965. The Morgan fingerprint density at radius 2 is 1.83 bits per heavy atom. The summed E-state index contributed by atoms with van der Waals surface area (Å²) in [4.78, 5) is 30.8. The van der Waals surface area contributed by atoms with Crippen molar-refractivity contribution in [1.82, 2.24) is 9.97 Å². The van der Waals surface area contributed by atoms with Crippen LogP contribution in [0.2, 0.25) is 0 Å². The first-order valence-corrected chi connectivity index (χ1v) is 7.10. The first kappa shape index (κ1) is 15.8. The predicted molar refractivity (Wildman–Crippen MR) is 82.6 cm³/mol. The van der Waals surface area contributed by atoms with Gasteiger partial charge in [0.05, 0.1) is 16.5 Å². The van der Waals surface area contributed by atoms with Crippen LogP contribution in [0.1, 0.15) is 29.2 Å². The molecule has 0 saturated heterocycles. The number of aromatic amines is 1. The fourth-order valence-corrected chi connectivity index (χ4v) is 2.25. The van der Waals surface area contributed by atoms with Gasteiger partial charge in [-0.15, -0.1) is 0 Å². The highest BCUT2D eigenvalue weighted by Gasteiger charge is 2.18. The minimum absolute atomic E-state index is 0.143. The molecule has 0 bridgehead atoms. The molecule has 0 aliphatic carbocycles. The van der Waals surface area contributed by atoms with Crippen molar-refractivity contribution in [3.8, 4) is 0 Å². The lowest BCUT2D eigenvalue weighted by Crippen LogP contribution is -2.17. The molecule has 1 heterocycles. The molecule has 7 heteroatoms. The van der Waals surface area contributed by atoms with E-state index in [4.69, 9.17) is 4.74 Å². The molecule has 0 fully saturated rings. The summed E-state index contributed by atoms with van der Waals surface area (Å²) in [7, 11) is 0. The molecular formula is C17H12F2N2O3. The number of rotatable bonds is 3. The predicted octanol–water partition coefficient (Wildman–Crippen LogP) is 3.12. The molecule has 1 N–H and O–H groups in total. The van der Waals surface area contributed by atoms with Gasteiger partial charge in [-0.05, 0) is 31.2 Å². The van der Waals surface area contributed by atoms with E-state index in [9.17, 15) is 18.4 Å². The Kier molecular flexibility index (Phi) is 4.07. The maximum absolute atomic E-state index is 13.2. The highest BCUT2D eigenvalue weighted by atomic mass is 19.1. The van der Waals surface area contributed by atoms with E-state index in [2.05, 4.69) is 9.97 Å². The van der Waals surface area contributed by atoms with Crippen LogP contribution in [0.4, 0.5) is 8.78 Å². The van der Waals surface area contributed by atoms with Gasteiger partial charge < -0.3 is 9.72 Å². The van der Waals surface area contributed by atoms with E-state index < -0.39 is 23.7 Å². The lowest BCUT2D eigenvalue weighted by molar-refractivity contribution is 0.0319. The molecule has 3 aromatic rings. The molecule has 0 aliphatic rings. The normalized spacial score (nSPS) is 12.1. The van der Waals surface area contributed by atoms with Gasteiger partial charge >= 0.3 is 5.97 Å². The Balaban J connectivity index is 1.88. The Morgan fingerprint density at radius 3 is 2.54 bits per heavy atom. The number of aromatic nitrogens is 2. The number of benzene rings is 2. The zero-order valence-electron chi connectivity index (χ0n) is 12.5. The largest absolute Gasteiger partial charge is 0.451 e. The molecular weight excluding hydrogens is 318 g/mol. The molecule has 0 radical (unpaired) electrons. The Hall–Kier alpha value is -3.09. The summed E-state index contributed by atoms with van der Waals surface area (Å²) in [6, 6.07) is 9.11. The summed E-state index contributed by atoms with van der Waals surface area (Å²) in [5.74, 6) is -2.54. The van der Waals surface area contributed by atoms with E-state index in [0.29, 0.717) is 17.0 Å². The van der Waals surface area contributed by atoms with Crippen molar-refractivity contribution in [2.24, 2.45) is 0 Å². The molecule has 0 spiro atoms. The van der Waals surface area contributed by atoms with Crippen molar-refractivity contribution in [1.29, 1.82) is 0 Å². The fraction of sp³-hybridized carbons (Fsp3) is 0.118. The van der Waals surface area contributed by atoms with Crippen molar-refractivity contribution in [2.45, 2.75) is 13.0 Å². The van der Waals surface area contributed by atoms with E-state index >= 15 is 0 Å². The second-order valence-electron chi connectivity index (χ2n) is 5.17. The number of H-pyrrole nitrogens is 1. The van der Waals surface area contributed by atoms with Crippen molar-refractivity contribution in [3.05, 3.63) is 75.8 Å². The van der Waals surface area contributed by atoms with Crippen molar-refractivity contribution < 1.29 is 18.3 Å². The van der Waals surface area contributed by atoms with Crippen molar-refractivity contribution >= 4 is 16.9 Å². The number of halogens is 2. The molecule has 0 saturated carbocycles. The lowest BCUT2D eigenvalue weighted by atomic mass is 10.2. The molecule has 3 rings (SSSR count). The number of hydrogen-bond acceptors (Lipinski definition) is 4. The zero-order chi connectivity index (χ0) is 17.3. The number of carbonyl (C=O) groups is 1. The number of fused-ring (bicyclic) bond motifs is 1. The van der Waals surface area contributed by atoms with Crippen LogP contribution < -0.4 is 5.56 Å². The lowest BCUT2D eigenvalue weighted by Gasteiger charge is -2.13. The average Bonchev–Trinajstić information content (AvgIpc) is 2.53. The number of para-hydroxylation sites is 1. The zero-order valence-corrected chi connectivity index (χ0v) is 12.5. The van der Waals surface area contributed by atoms with Gasteiger partial charge in [-0.25, -0.2) is 18.6 Å². The molecule has 24 heavy (non-hydrogen) atoms. The fourth-order valence-electron chi connectivity index (χ4n) is 2.25. The highest BCUT2D eigenvalue weighted by molar-refractivity contribution is 5.89. The van der Waals surface area contributed by atoms with Gasteiger partial charge in [-0.1, -0.05) is 12.1 Å². The van der Waals surface area contributed by atoms with Gasteiger partial charge in [0.15, 0.2) is 11.9 Å². The van der Waals surface area contributed by atoms with Crippen LogP contribution in [-0.4, -0.2) is 15.9 Å². The molecule has 0 amide bonds. The molecule has 1 aromatic heterocycles. The summed E-state index contributed by atoms with van der Waals surface area (Å²) in [6.45, 7) is 1.50. The number of esters is 1. The second kappa shape index (κ2) is 6.19. The van der Waals surface area contributed by atoms with Crippen LogP contribution in [0.25, 0.3) is 10.9 Å². The standard InChI is InChI=1S/C17H12F2N2O3/c1-9(24-17(23)10-6-11(18)8-12(19)7-10)15-20-14-5-3-2-4-13(14)16(22)21-15/h2-9H,1H3,(H,20,21,22)/t9-/m0/s1. The van der Waals surface area contributed by atoms with Gasteiger partial charge in [0.1, 0.15) is 11.6 Å². The summed E-state index contributed by atoms with van der Waals surface area (Å²) < 4.78 is 31.5. The minimum atomic E-state index is -0.920. The summed E-state index contributed by atoms with van der Waals surface area (Å²) in [6.07, 6.45) is -0.902. The van der Waals surface area contributed by atoms with Crippen LogP contribution in [0.5, 0.6) is 0 Å². The smallest absolute Gasteiger partial charge is 0.339 e. The monoisotopic (exact) mass is 330 g/mol. The first-order valence-electron chi connectivity index (χ1n) is 7.10. The van der Waals surface area contributed by atoms with Crippen LogP contribution in [-0.2, 0) is 4.74 Å². The van der Waals surface area contributed by atoms with Crippen LogP contribution in [0.15, 0.2) is 47.3 Å². The SMILES string of the molecule is C[C@H](OC(=O)c1cc(F)cc(F)c1)c1nc2ccccc2c(=O)[nH]1. The second-order valence-corrected chi connectivity index (χ2v) is 5.17. The van der Waals surface area contributed by atoms with E-state index in [1.54, 1.807) is 24.3 Å². The molecule has 0 unspecified atom stereocenters. The Morgan fingerprint density at radius 1 is 1.17 bits per heavy atom. The number of ether oxygens (including phenoxy) is 1. The van der Waals surface area contributed by atoms with Crippen LogP contribution in [0, 0.1) is 11.6 Å². The Labute approximate surface area is 134 Å².